The van der Waals surface area contributed by atoms with Gasteiger partial charge in [0.1, 0.15) is 0 Å². The van der Waals surface area contributed by atoms with Gasteiger partial charge in [-0.15, -0.1) is 0 Å². The van der Waals surface area contributed by atoms with Crippen LogP contribution in [-0.4, -0.2) is 34.6 Å². The molecular formula is C17H18N4O. The minimum atomic E-state index is 0.581. The monoisotopic (exact) mass is 294 g/mol. The number of rotatable bonds is 3. The van der Waals surface area contributed by atoms with Crippen LogP contribution in [0.2, 0.25) is 0 Å². The van der Waals surface area contributed by atoms with Gasteiger partial charge in [-0.1, -0.05) is 12.1 Å². The number of anilines is 1. The molecular weight excluding hydrogens is 276 g/mol. The number of aryl methyl sites for hydroxylation is 1. The fourth-order valence-corrected chi connectivity index (χ4v) is 2.36. The lowest BCUT2D eigenvalue weighted by Gasteiger charge is -2.12. The minimum absolute atomic E-state index is 0.581. The van der Waals surface area contributed by atoms with Crippen molar-refractivity contribution in [1.82, 2.24) is 9.55 Å². The molecule has 22 heavy (non-hydrogen) atoms. The molecule has 0 aliphatic rings. The Morgan fingerprint density at radius 1 is 1.09 bits per heavy atom. The summed E-state index contributed by atoms with van der Waals surface area (Å²) in [5.41, 5.74) is 3.52. The Balaban J connectivity index is 1.97. The van der Waals surface area contributed by atoms with Gasteiger partial charge in [0.15, 0.2) is 5.82 Å². The summed E-state index contributed by atoms with van der Waals surface area (Å²) in [4.78, 5) is 6.48. The van der Waals surface area contributed by atoms with E-state index in [4.69, 9.17) is 0 Å². The van der Waals surface area contributed by atoms with Crippen LogP contribution in [-0.2, 0) is 7.05 Å². The van der Waals surface area contributed by atoms with Crippen LogP contribution in [0, 0.1) is 5.21 Å². The maximum Gasteiger partial charge on any atom is 0.223 e. The molecule has 1 heterocycles. The highest BCUT2D eigenvalue weighted by Gasteiger charge is 2.09. The molecule has 0 radical (unpaired) electrons. The van der Waals surface area contributed by atoms with E-state index in [1.807, 2.05) is 79.1 Å². The first kappa shape index (κ1) is 14.1. The maximum absolute atomic E-state index is 12.3. The Hall–Kier alpha value is -2.82. The average Bonchev–Trinajstić information content (AvgIpc) is 2.84. The first-order chi connectivity index (χ1) is 10.6. The lowest BCUT2D eigenvalue weighted by molar-refractivity contribution is -0.354. The van der Waals surface area contributed by atoms with Gasteiger partial charge in [0, 0.05) is 39.0 Å². The van der Waals surface area contributed by atoms with Crippen molar-refractivity contribution < 1.29 is 4.74 Å². The van der Waals surface area contributed by atoms with Gasteiger partial charge in [-0.05, 0) is 24.3 Å². The van der Waals surface area contributed by atoms with Crippen LogP contribution in [0.3, 0.4) is 0 Å². The van der Waals surface area contributed by atoms with E-state index < -0.39 is 0 Å². The predicted octanol–water partition coefficient (Wildman–Crippen LogP) is 2.90. The van der Waals surface area contributed by atoms with Gasteiger partial charge in [0.05, 0.1) is 11.0 Å². The fourth-order valence-electron chi connectivity index (χ4n) is 2.36. The molecule has 3 aromatic rings. The molecule has 0 amide bonds. The van der Waals surface area contributed by atoms with E-state index in [9.17, 15) is 5.21 Å². The van der Waals surface area contributed by atoms with Crippen molar-refractivity contribution in [3.8, 4) is 0 Å². The van der Waals surface area contributed by atoms with Crippen molar-refractivity contribution in [3.63, 3.8) is 0 Å². The molecule has 5 heteroatoms. The quantitative estimate of drug-likeness (QED) is 0.323. The second-order valence-corrected chi connectivity index (χ2v) is 5.38. The van der Waals surface area contributed by atoms with E-state index in [0.717, 1.165) is 21.5 Å². The Bertz CT molecular complexity index is 831. The van der Waals surface area contributed by atoms with Crippen LogP contribution in [0.5, 0.6) is 0 Å². The molecule has 0 fully saturated rings. The minimum Gasteiger partial charge on any atom is -0.618 e. The summed E-state index contributed by atoms with van der Waals surface area (Å²) in [7, 11) is 5.84. The van der Waals surface area contributed by atoms with Crippen molar-refractivity contribution in [2.24, 2.45) is 7.05 Å². The van der Waals surface area contributed by atoms with Crippen molar-refractivity contribution in [2.45, 2.75) is 0 Å². The second-order valence-electron chi connectivity index (χ2n) is 5.38. The van der Waals surface area contributed by atoms with Gasteiger partial charge in [-0.3, -0.25) is 0 Å². The van der Waals surface area contributed by atoms with Crippen LogP contribution in [0.15, 0.2) is 48.5 Å². The maximum atomic E-state index is 12.3. The van der Waals surface area contributed by atoms with Crippen molar-refractivity contribution in [2.75, 3.05) is 19.0 Å². The van der Waals surface area contributed by atoms with Gasteiger partial charge in [0.2, 0.25) is 11.9 Å². The lowest BCUT2D eigenvalue weighted by Crippen LogP contribution is -2.08. The summed E-state index contributed by atoms with van der Waals surface area (Å²) in [6.45, 7) is 0. The number of benzene rings is 2. The molecule has 112 valence electrons. The molecule has 1 aromatic heterocycles. The number of para-hydroxylation sites is 2. The molecule has 0 saturated heterocycles. The van der Waals surface area contributed by atoms with Crippen LogP contribution in [0.4, 0.5) is 11.4 Å². The van der Waals surface area contributed by atoms with E-state index in [1.165, 1.54) is 6.21 Å². The zero-order valence-corrected chi connectivity index (χ0v) is 12.9. The predicted molar refractivity (Wildman–Crippen MR) is 89.9 cm³/mol. The number of aromatic nitrogens is 2. The van der Waals surface area contributed by atoms with Crippen LogP contribution in [0.1, 0.15) is 5.82 Å². The molecule has 0 bridgehead atoms. The SMILES string of the molecule is CN(C)c1ccc(/[N+]([O-])=C/c2nc3ccccc3n2C)cc1. The Morgan fingerprint density at radius 2 is 1.77 bits per heavy atom. The van der Waals surface area contributed by atoms with Crippen molar-refractivity contribution >= 4 is 28.6 Å². The van der Waals surface area contributed by atoms with Gasteiger partial charge >= 0.3 is 0 Å². The molecule has 2 aromatic carbocycles. The zero-order valence-electron chi connectivity index (χ0n) is 12.9. The largest absolute Gasteiger partial charge is 0.618 e. The average molecular weight is 294 g/mol. The fraction of sp³-hybridized carbons (Fsp3) is 0.176. The standard InChI is InChI=1S/C17H18N4O/c1-19(2)13-8-10-14(11-9-13)21(22)12-17-18-15-6-4-5-7-16(15)20(17)3/h4-12H,1-3H3/b21-12-. The Labute approximate surface area is 129 Å². The molecule has 0 spiro atoms. The molecule has 3 rings (SSSR count). The second kappa shape index (κ2) is 5.52. The molecule has 0 unspecified atom stereocenters. The number of hydrogen-bond acceptors (Lipinski definition) is 3. The smallest absolute Gasteiger partial charge is 0.223 e. The normalized spacial score (nSPS) is 11.9. The van der Waals surface area contributed by atoms with Crippen molar-refractivity contribution in [1.29, 1.82) is 0 Å². The number of fused-ring (bicyclic) bond motifs is 1. The third-order valence-corrected chi connectivity index (χ3v) is 3.68. The molecule has 0 aliphatic carbocycles. The highest BCUT2D eigenvalue weighted by molar-refractivity contribution is 5.83. The number of nitrogens with zero attached hydrogens (tertiary/aromatic N) is 4. The highest BCUT2D eigenvalue weighted by atomic mass is 16.5. The molecule has 5 nitrogen and oxygen atoms in total. The summed E-state index contributed by atoms with van der Waals surface area (Å²) >= 11 is 0. The summed E-state index contributed by atoms with van der Waals surface area (Å²) in [6.07, 6.45) is 1.50. The number of imidazole rings is 1. The van der Waals surface area contributed by atoms with E-state index >= 15 is 0 Å². The highest BCUT2D eigenvalue weighted by Crippen LogP contribution is 2.18. The van der Waals surface area contributed by atoms with Gasteiger partial charge < -0.3 is 14.7 Å². The molecule has 0 atom stereocenters. The number of hydrogen-bond donors (Lipinski definition) is 0. The summed E-state index contributed by atoms with van der Waals surface area (Å²) < 4.78 is 2.76. The third-order valence-electron chi connectivity index (χ3n) is 3.68. The molecule has 0 aliphatic heterocycles. The van der Waals surface area contributed by atoms with E-state index in [1.54, 1.807) is 0 Å². The molecule has 0 saturated carbocycles. The zero-order chi connectivity index (χ0) is 15.7. The van der Waals surface area contributed by atoms with Gasteiger partial charge in [0.25, 0.3) is 0 Å². The third kappa shape index (κ3) is 2.53. The van der Waals surface area contributed by atoms with Crippen molar-refractivity contribution in [3.05, 3.63) is 59.6 Å². The van der Waals surface area contributed by atoms with E-state index in [0.29, 0.717) is 11.5 Å². The first-order valence-electron chi connectivity index (χ1n) is 7.06. The summed E-state index contributed by atoms with van der Waals surface area (Å²) in [5, 5.41) is 12.3. The van der Waals surface area contributed by atoms with E-state index in [2.05, 4.69) is 4.98 Å². The Morgan fingerprint density at radius 3 is 2.41 bits per heavy atom. The molecule has 0 N–H and O–H groups in total. The van der Waals surface area contributed by atoms with Crippen LogP contribution >= 0.6 is 0 Å². The van der Waals surface area contributed by atoms with Gasteiger partial charge in [-0.25, -0.2) is 4.98 Å². The Kier molecular flexibility index (Phi) is 3.55. The first-order valence-corrected chi connectivity index (χ1v) is 7.06. The van der Waals surface area contributed by atoms with Crippen LogP contribution in [0.25, 0.3) is 11.0 Å². The topological polar surface area (TPSA) is 47.1 Å². The summed E-state index contributed by atoms with van der Waals surface area (Å²) in [6, 6.07) is 15.3. The van der Waals surface area contributed by atoms with Gasteiger partial charge in [-0.2, -0.15) is 4.74 Å². The van der Waals surface area contributed by atoms with Crippen LogP contribution < -0.4 is 4.90 Å². The lowest BCUT2D eigenvalue weighted by atomic mass is 10.2. The van der Waals surface area contributed by atoms with E-state index in [-0.39, 0.29) is 0 Å². The summed E-state index contributed by atoms with van der Waals surface area (Å²) in [5.74, 6) is 0.632.